The number of ether oxygens (including phenoxy) is 2. The van der Waals surface area contributed by atoms with Crippen LogP contribution in [-0.4, -0.2) is 26.9 Å². The molecule has 1 aromatic heterocycles. The van der Waals surface area contributed by atoms with Gasteiger partial charge in [0.1, 0.15) is 12.4 Å². The molecule has 17 heavy (non-hydrogen) atoms. The van der Waals surface area contributed by atoms with Crippen LogP contribution in [0.4, 0.5) is 0 Å². The van der Waals surface area contributed by atoms with E-state index in [1.807, 2.05) is 13.1 Å². The maximum absolute atomic E-state index is 5.73. The van der Waals surface area contributed by atoms with Crippen molar-refractivity contribution in [2.24, 2.45) is 5.92 Å². The monoisotopic (exact) mass is 239 g/mol. The lowest BCUT2D eigenvalue weighted by molar-refractivity contribution is 0.0117. The van der Waals surface area contributed by atoms with Crippen molar-refractivity contribution in [1.29, 1.82) is 0 Å². The van der Waals surface area contributed by atoms with E-state index in [9.17, 15) is 0 Å². The zero-order valence-corrected chi connectivity index (χ0v) is 10.4. The smallest absolute Gasteiger partial charge is 0.133 e. The molecule has 0 amide bonds. The molecular weight excluding hydrogens is 218 g/mol. The molecule has 1 N–H and O–H groups in total. The summed E-state index contributed by atoms with van der Waals surface area (Å²) >= 11 is 0. The van der Waals surface area contributed by atoms with Gasteiger partial charge in [-0.2, -0.15) is 0 Å². The van der Waals surface area contributed by atoms with E-state index in [2.05, 4.69) is 5.32 Å². The first-order valence-electron chi connectivity index (χ1n) is 6.25. The lowest BCUT2D eigenvalue weighted by Gasteiger charge is -2.21. The van der Waals surface area contributed by atoms with Crippen LogP contribution in [0.25, 0.3) is 0 Å². The van der Waals surface area contributed by atoms with Gasteiger partial charge in [-0.1, -0.05) is 0 Å². The van der Waals surface area contributed by atoms with Crippen LogP contribution in [0.1, 0.15) is 24.2 Å². The fourth-order valence-corrected chi connectivity index (χ4v) is 2.07. The van der Waals surface area contributed by atoms with Crippen molar-refractivity contribution in [1.82, 2.24) is 5.32 Å². The quantitative estimate of drug-likeness (QED) is 0.824. The summed E-state index contributed by atoms with van der Waals surface area (Å²) in [7, 11) is 1.93. The molecule has 0 spiro atoms. The van der Waals surface area contributed by atoms with E-state index >= 15 is 0 Å². The summed E-state index contributed by atoms with van der Waals surface area (Å²) in [5, 5.41) is 3.12. The molecule has 0 radical (unpaired) electrons. The van der Waals surface area contributed by atoms with Crippen molar-refractivity contribution in [3.05, 3.63) is 23.7 Å². The summed E-state index contributed by atoms with van der Waals surface area (Å²) < 4.78 is 16.5. The van der Waals surface area contributed by atoms with E-state index in [0.717, 1.165) is 45.0 Å². The zero-order valence-electron chi connectivity index (χ0n) is 10.4. The summed E-state index contributed by atoms with van der Waals surface area (Å²) in [5.41, 5.74) is 1.18. The third-order valence-corrected chi connectivity index (χ3v) is 3.13. The Morgan fingerprint density at radius 2 is 2.24 bits per heavy atom. The van der Waals surface area contributed by atoms with Crippen molar-refractivity contribution >= 4 is 0 Å². The van der Waals surface area contributed by atoms with Crippen LogP contribution in [0.2, 0.25) is 0 Å². The van der Waals surface area contributed by atoms with E-state index in [-0.39, 0.29) is 0 Å². The minimum absolute atomic E-state index is 0.571. The molecule has 2 rings (SSSR count). The van der Waals surface area contributed by atoms with Crippen LogP contribution in [0, 0.1) is 5.92 Å². The van der Waals surface area contributed by atoms with E-state index in [4.69, 9.17) is 13.9 Å². The van der Waals surface area contributed by atoms with Crippen molar-refractivity contribution in [3.8, 4) is 0 Å². The predicted molar refractivity (Wildman–Crippen MR) is 64.7 cm³/mol. The lowest BCUT2D eigenvalue weighted by atomic mass is 10.0. The number of furan rings is 1. The minimum Gasteiger partial charge on any atom is -0.467 e. The molecule has 2 heterocycles. The molecule has 96 valence electrons. The zero-order chi connectivity index (χ0) is 11.9. The number of nitrogens with one attached hydrogen (secondary N) is 1. The van der Waals surface area contributed by atoms with Crippen molar-refractivity contribution in [3.63, 3.8) is 0 Å². The van der Waals surface area contributed by atoms with Gasteiger partial charge in [0, 0.05) is 25.3 Å². The predicted octanol–water partition coefficient (Wildman–Crippen LogP) is 1.94. The van der Waals surface area contributed by atoms with Crippen molar-refractivity contribution < 1.29 is 13.9 Å². The van der Waals surface area contributed by atoms with Gasteiger partial charge in [-0.3, -0.25) is 0 Å². The molecule has 0 atom stereocenters. The molecule has 4 heteroatoms. The summed E-state index contributed by atoms with van der Waals surface area (Å²) in [6.07, 6.45) is 3.95. The fourth-order valence-electron chi connectivity index (χ4n) is 2.07. The van der Waals surface area contributed by atoms with E-state index in [1.54, 1.807) is 6.26 Å². The van der Waals surface area contributed by atoms with Crippen LogP contribution in [0.15, 0.2) is 16.7 Å². The molecule has 1 aliphatic heterocycles. The Morgan fingerprint density at radius 3 is 3.00 bits per heavy atom. The molecular formula is C13H21NO3. The van der Waals surface area contributed by atoms with Gasteiger partial charge < -0.3 is 19.2 Å². The van der Waals surface area contributed by atoms with Gasteiger partial charge in [0.25, 0.3) is 0 Å². The van der Waals surface area contributed by atoms with Gasteiger partial charge >= 0.3 is 0 Å². The van der Waals surface area contributed by atoms with E-state index < -0.39 is 0 Å². The van der Waals surface area contributed by atoms with Crippen LogP contribution in [0.3, 0.4) is 0 Å². The van der Waals surface area contributed by atoms with Gasteiger partial charge in [0.05, 0.1) is 12.9 Å². The molecule has 1 fully saturated rings. The molecule has 1 aliphatic rings. The maximum atomic E-state index is 5.73. The van der Waals surface area contributed by atoms with Gasteiger partial charge in [-0.05, 0) is 31.9 Å². The van der Waals surface area contributed by atoms with Crippen LogP contribution < -0.4 is 5.32 Å². The molecule has 0 aromatic carbocycles. The molecule has 4 nitrogen and oxygen atoms in total. The molecule has 0 saturated carbocycles. The Labute approximate surface area is 102 Å². The summed E-state index contributed by atoms with van der Waals surface area (Å²) in [5.74, 6) is 1.58. The molecule has 0 bridgehead atoms. The second-order valence-corrected chi connectivity index (χ2v) is 4.47. The third-order valence-electron chi connectivity index (χ3n) is 3.13. The standard InChI is InChI=1S/C13H21NO3/c1-14-8-12-4-7-17-13(12)10-16-9-11-2-5-15-6-3-11/h4,7,11,14H,2-3,5-6,8-10H2,1H3. The van der Waals surface area contributed by atoms with Crippen LogP contribution in [-0.2, 0) is 22.6 Å². The second-order valence-electron chi connectivity index (χ2n) is 4.47. The van der Waals surface area contributed by atoms with Crippen molar-refractivity contribution in [2.45, 2.75) is 26.0 Å². The summed E-state index contributed by atoms with van der Waals surface area (Å²) in [6.45, 7) is 3.95. The molecule has 0 aliphatic carbocycles. The Balaban J connectivity index is 1.71. The number of rotatable bonds is 6. The first-order chi connectivity index (χ1) is 8.40. The van der Waals surface area contributed by atoms with Gasteiger partial charge in [-0.15, -0.1) is 0 Å². The Morgan fingerprint density at radius 1 is 1.41 bits per heavy atom. The average Bonchev–Trinajstić information content (AvgIpc) is 2.79. The SMILES string of the molecule is CNCc1ccoc1COCC1CCOCC1. The first-order valence-corrected chi connectivity index (χ1v) is 6.25. The maximum Gasteiger partial charge on any atom is 0.133 e. The molecule has 1 aromatic rings. The second kappa shape index (κ2) is 6.79. The van der Waals surface area contributed by atoms with Crippen LogP contribution in [0.5, 0.6) is 0 Å². The van der Waals surface area contributed by atoms with Gasteiger partial charge in [-0.25, -0.2) is 0 Å². The lowest BCUT2D eigenvalue weighted by Crippen LogP contribution is -2.20. The Bertz CT molecular complexity index is 318. The van der Waals surface area contributed by atoms with Gasteiger partial charge in [0.2, 0.25) is 0 Å². The largest absolute Gasteiger partial charge is 0.467 e. The van der Waals surface area contributed by atoms with Crippen molar-refractivity contribution in [2.75, 3.05) is 26.9 Å². The highest BCUT2D eigenvalue weighted by Crippen LogP contribution is 2.17. The summed E-state index contributed by atoms with van der Waals surface area (Å²) in [6, 6.07) is 1.99. The highest BCUT2D eigenvalue weighted by molar-refractivity contribution is 5.15. The summed E-state index contributed by atoms with van der Waals surface area (Å²) in [4.78, 5) is 0. The minimum atomic E-state index is 0.571. The van der Waals surface area contributed by atoms with E-state index in [0.29, 0.717) is 12.5 Å². The average molecular weight is 239 g/mol. The highest BCUT2D eigenvalue weighted by atomic mass is 16.5. The Hall–Kier alpha value is -0.840. The molecule has 1 saturated heterocycles. The van der Waals surface area contributed by atoms with E-state index in [1.165, 1.54) is 5.56 Å². The third kappa shape index (κ3) is 3.84. The highest BCUT2D eigenvalue weighted by Gasteiger charge is 2.14. The fraction of sp³-hybridized carbons (Fsp3) is 0.692. The van der Waals surface area contributed by atoms with Crippen LogP contribution >= 0.6 is 0 Å². The topological polar surface area (TPSA) is 43.6 Å². The number of hydrogen-bond donors (Lipinski definition) is 1. The normalized spacial score (nSPS) is 17.5. The van der Waals surface area contributed by atoms with Gasteiger partial charge in [0.15, 0.2) is 0 Å². The number of hydrogen-bond acceptors (Lipinski definition) is 4. The first kappa shape index (κ1) is 12.6. The molecule has 0 unspecified atom stereocenters. The Kier molecular flexibility index (Phi) is 5.04.